The van der Waals surface area contributed by atoms with E-state index in [1.165, 1.54) is 22.2 Å². The van der Waals surface area contributed by atoms with Crippen LogP contribution in [0.5, 0.6) is 0 Å². The van der Waals surface area contributed by atoms with Crippen LogP contribution in [0.3, 0.4) is 0 Å². The second-order valence-corrected chi connectivity index (χ2v) is 7.59. The fourth-order valence-electron chi connectivity index (χ4n) is 2.14. The molecule has 0 spiro atoms. The van der Waals surface area contributed by atoms with Crippen LogP contribution in [-0.2, 0) is 11.3 Å². The summed E-state index contributed by atoms with van der Waals surface area (Å²) in [6, 6.07) is 5.60. The lowest BCUT2D eigenvalue weighted by atomic mass is 10.2. The standard InChI is InChI=1S/C15H11Br2N3O2S/c1-8-4-9(16)13(10(17)5-8)19-12(21)6-20-7-18-11-2-3-23-14(11)15(20)22/h2-5,7H,6H2,1H3,(H,19,21). The lowest BCUT2D eigenvalue weighted by Gasteiger charge is -2.11. The Bertz CT molecular complexity index is 942. The summed E-state index contributed by atoms with van der Waals surface area (Å²) in [6.07, 6.45) is 1.40. The van der Waals surface area contributed by atoms with Gasteiger partial charge in [-0.2, -0.15) is 0 Å². The lowest BCUT2D eigenvalue weighted by Crippen LogP contribution is -2.27. The van der Waals surface area contributed by atoms with E-state index in [0.29, 0.717) is 15.9 Å². The predicted octanol–water partition coefficient (Wildman–Crippen LogP) is 3.93. The Labute approximate surface area is 152 Å². The molecule has 0 fully saturated rings. The fourth-order valence-corrected chi connectivity index (χ4v) is 4.55. The van der Waals surface area contributed by atoms with E-state index in [0.717, 1.165) is 14.5 Å². The van der Waals surface area contributed by atoms with Crippen molar-refractivity contribution >= 4 is 65.0 Å². The second-order valence-electron chi connectivity index (χ2n) is 4.96. The zero-order valence-corrected chi connectivity index (χ0v) is 16.0. The number of anilines is 1. The number of hydrogen-bond donors (Lipinski definition) is 1. The van der Waals surface area contributed by atoms with Crippen LogP contribution in [-0.4, -0.2) is 15.5 Å². The fraction of sp³-hybridized carbons (Fsp3) is 0.133. The Morgan fingerprint density at radius 3 is 2.74 bits per heavy atom. The Morgan fingerprint density at radius 2 is 2.04 bits per heavy atom. The van der Waals surface area contributed by atoms with E-state index in [9.17, 15) is 9.59 Å². The van der Waals surface area contributed by atoms with Crippen LogP contribution in [0.2, 0.25) is 0 Å². The number of rotatable bonds is 3. The highest BCUT2D eigenvalue weighted by Crippen LogP contribution is 2.32. The summed E-state index contributed by atoms with van der Waals surface area (Å²) in [5, 5.41) is 4.62. The van der Waals surface area contributed by atoms with Gasteiger partial charge in [-0.3, -0.25) is 14.2 Å². The number of fused-ring (bicyclic) bond motifs is 1. The third-order valence-electron chi connectivity index (χ3n) is 3.20. The molecule has 8 heteroatoms. The molecule has 0 bridgehead atoms. The highest BCUT2D eigenvalue weighted by Gasteiger charge is 2.12. The number of aryl methyl sites for hydroxylation is 1. The number of carbonyl (C=O) groups is 1. The summed E-state index contributed by atoms with van der Waals surface area (Å²) in [5.74, 6) is -0.296. The van der Waals surface area contributed by atoms with Crippen LogP contribution in [0.25, 0.3) is 10.2 Å². The van der Waals surface area contributed by atoms with Gasteiger partial charge >= 0.3 is 0 Å². The van der Waals surface area contributed by atoms with Crippen molar-refractivity contribution in [2.75, 3.05) is 5.32 Å². The van der Waals surface area contributed by atoms with Crippen LogP contribution < -0.4 is 10.9 Å². The van der Waals surface area contributed by atoms with E-state index < -0.39 is 0 Å². The number of aromatic nitrogens is 2. The zero-order valence-electron chi connectivity index (χ0n) is 12.0. The van der Waals surface area contributed by atoms with Gasteiger partial charge < -0.3 is 5.32 Å². The Morgan fingerprint density at radius 1 is 1.35 bits per heavy atom. The van der Waals surface area contributed by atoms with Gasteiger partial charge in [-0.15, -0.1) is 11.3 Å². The zero-order chi connectivity index (χ0) is 16.6. The maximum absolute atomic E-state index is 12.3. The van der Waals surface area contributed by atoms with E-state index in [2.05, 4.69) is 42.2 Å². The summed E-state index contributed by atoms with van der Waals surface area (Å²) >= 11 is 8.18. The number of hydrogen-bond acceptors (Lipinski definition) is 4. The van der Waals surface area contributed by atoms with Gasteiger partial charge in [-0.25, -0.2) is 4.98 Å². The smallest absolute Gasteiger partial charge is 0.271 e. The van der Waals surface area contributed by atoms with Crippen molar-refractivity contribution in [3.05, 3.63) is 54.8 Å². The SMILES string of the molecule is Cc1cc(Br)c(NC(=O)Cn2cnc3ccsc3c2=O)c(Br)c1. The molecule has 0 unspecified atom stereocenters. The topological polar surface area (TPSA) is 64.0 Å². The number of amides is 1. The molecule has 3 aromatic rings. The van der Waals surface area contributed by atoms with Crippen molar-refractivity contribution < 1.29 is 4.79 Å². The monoisotopic (exact) mass is 455 g/mol. The average Bonchev–Trinajstić information content (AvgIpc) is 2.95. The van der Waals surface area contributed by atoms with E-state index in [-0.39, 0.29) is 18.0 Å². The van der Waals surface area contributed by atoms with Crippen molar-refractivity contribution in [3.8, 4) is 0 Å². The van der Waals surface area contributed by atoms with E-state index >= 15 is 0 Å². The molecule has 0 radical (unpaired) electrons. The number of benzene rings is 1. The number of nitrogens with one attached hydrogen (secondary N) is 1. The number of carbonyl (C=O) groups excluding carboxylic acids is 1. The Hall–Kier alpha value is -1.51. The first-order chi connectivity index (χ1) is 11.0. The normalized spacial score (nSPS) is 10.9. The molecule has 0 saturated carbocycles. The summed E-state index contributed by atoms with van der Waals surface area (Å²) < 4.78 is 3.41. The van der Waals surface area contributed by atoms with Crippen molar-refractivity contribution in [1.82, 2.24) is 9.55 Å². The molecule has 1 amide bonds. The quantitative estimate of drug-likeness (QED) is 0.649. The highest BCUT2D eigenvalue weighted by atomic mass is 79.9. The molecule has 23 heavy (non-hydrogen) atoms. The molecule has 0 aliphatic rings. The second kappa shape index (κ2) is 6.54. The average molecular weight is 457 g/mol. The largest absolute Gasteiger partial charge is 0.323 e. The van der Waals surface area contributed by atoms with Gasteiger partial charge in [0.05, 0.1) is 17.5 Å². The first-order valence-electron chi connectivity index (χ1n) is 6.64. The van der Waals surface area contributed by atoms with Gasteiger partial charge in [-0.1, -0.05) is 0 Å². The summed E-state index contributed by atoms with van der Waals surface area (Å²) in [4.78, 5) is 28.7. The Balaban J connectivity index is 1.84. The summed E-state index contributed by atoms with van der Waals surface area (Å²) in [7, 11) is 0. The highest BCUT2D eigenvalue weighted by molar-refractivity contribution is 9.11. The minimum atomic E-state index is -0.296. The molecule has 0 aliphatic carbocycles. The van der Waals surface area contributed by atoms with Crippen molar-refractivity contribution in [2.24, 2.45) is 0 Å². The molecule has 0 saturated heterocycles. The molecule has 0 aliphatic heterocycles. The maximum Gasteiger partial charge on any atom is 0.271 e. The maximum atomic E-state index is 12.3. The predicted molar refractivity (Wildman–Crippen MR) is 99.1 cm³/mol. The van der Waals surface area contributed by atoms with Crippen molar-refractivity contribution in [3.63, 3.8) is 0 Å². The van der Waals surface area contributed by atoms with Gasteiger partial charge in [0.25, 0.3) is 5.56 Å². The molecular weight excluding hydrogens is 446 g/mol. The summed E-state index contributed by atoms with van der Waals surface area (Å²) in [5.41, 5.74) is 2.15. The Kier molecular flexibility index (Phi) is 4.65. The minimum Gasteiger partial charge on any atom is -0.323 e. The first-order valence-corrected chi connectivity index (χ1v) is 9.10. The van der Waals surface area contributed by atoms with Gasteiger partial charge in [-0.05, 0) is 67.9 Å². The third kappa shape index (κ3) is 3.39. The molecule has 1 aromatic carbocycles. The number of nitrogens with zero attached hydrogens (tertiary/aromatic N) is 2. The van der Waals surface area contributed by atoms with Crippen LogP contribution in [0.15, 0.2) is 43.6 Å². The lowest BCUT2D eigenvalue weighted by molar-refractivity contribution is -0.116. The molecular formula is C15H11Br2N3O2S. The van der Waals surface area contributed by atoms with Gasteiger partial charge in [0.15, 0.2) is 0 Å². The van der Waals surface area contributed by atoms with Crippen molar-refractivity contribution in [1.29, 1.82) is 0 Å². The van der Waals surface area contributed by atoms with E-state index in [1.54, 1.807) is 6.07 Å². The third-order valence-corrected chi connectivity index (χ3v) is 5.34. The molecule has 2 aromatic heterocycles. The summed E-state index contributed by atoms with van der Waals surface area (Å²) in [6.45, 7) is 1.87. The van der Waals surface area contributed by atoms with Gasteiger partial charge in [0.2, 0.25) is 5.91 Å². The molecule has 3 rings (SSSR count). The molecule has 0 atom stereocenters. The molecule has 118 valence electrons. The van der Waals surface area contributed by atoms with Gasteiger partial charge in [0, 0.05) is 8.95 Å². The molecule has 1 N–H and O–H groups in total. The van der Waals surface area contributed by atoms with Gasteiger partial charge in [0.1, 0.15) is 11.2 Å². The van der Waals surface area contributed by atoms with Crippen molar-refractivity contribution in [2.45, 2.75) is 13.5 Å². The van der Waals surface area contributed by atoms with E-state index in [4.69, 9.17) is 0 Å². The molecule has 2 heterocycles. The van der Waals surface area contributed by atoms with Crippen LogP contribution >= 0.6 is 43.2 Å². The number of thiophene rings is 1. The molecule has 5 nitrogen and oxygen atoms in total. The minimum absolute atomic E-state index is 0.0908. The van der Waals surface area contributed by atoms with E-state index in [1.807, 2.05) is 24.4 Å². The van der Waals surface area contributed by atoms with Crippen LogP contribution in [0.4, 0.5) is 5.69 Å². The van der Waals surface area contributed by atoms with Crippen LogP contribution in [0.1, 0.15) is 5.56 Å². The van der Waals surface area contributed by atoms with Crippen LogP contribution in [0, 0.1) is 6.92 Å². The number of halogens is 2. The first kappa shape index (κ1) is 16.4.